The molecule has 0 aromatic heterocycles. The number of thioether (sulfide) groups is 1. The lowest BCUT2D eigenvalue weighted by atomic mass is 10.2. The van der Waals surface area contributed by atoms with E-state index < -0.39 is 32.8 Å². The number of nitro groups is 2. The third-order valence-corrected chi connectivity index (χ3v) is 4.48. The van der Waals surface area contributed by atoms with Crippen molar-refractivity contribution in [2.75, 3.05) is 12.4 Å². The summed E-state index contributed by atoms with van der Waals surface area (Å²) in [4.78, 5) is 31.5. The Morgan fingerprint density at radius 2 is 1.67 bits per heavy atom. The molecular weight excluding hydrogens is 398 g/mol. The molecule has 140 valence electrons. The number of carbonyl (C=O) groups is 1. The van der Waals surface area contributed by atoms with Crippen molar-refractivity contribution in [1.29, 1.82) is 0 Å². The van der Waals surface area contributed by atoms with Crippen molar-refractivity contribution in [3.63, 3.8) is 0 Å². The van der Waals surface area contributed by atoms with Gasteiger partial charge in [0, 0.05) is 17.8 Å². The summed E-state index contributed by atoms with van der Waals surface area (Å²) in [5.74, 6) is -0.911. The van der Waals surface area contributed by atoms with E-state index in [0.717, 1.165) is 12.1 Å². The van der Waals surface area contributed by atoms with Crippen molar-refractivity contribution in [3.8, 4) is 5.75 Å². The number of nitro benzene ring substituents is 2. The molecule has 0 aliphatic rings. The van der Waals surface area contributed by atoms with E-state index in [-0.39, 0.29) is 9.22 Å². The summed E-state index contributed by atoms with van der Waals surface area (Å²) in [5, 5.41) is 34.4. The Morgan fingerprint density at radius 1 is 1.15 bits per heavy atom. The SMILES string of the molecule is COc1ccc(NC(=S)Sc2c([N+](=O)[O-])cc(C(=O)O)cc2[N+](=O)[O-])cc1. The van der Waals surface area contributed by atoms with E-state index in [0.29, 0.717) is 23.2 Å². The second kappa shape index (κ2) is 8.42. The molecule has 0 amide bonds. The molecule has 0 spiro atoms. The fourth-order valence-electron chi connectivity index (χ4n) is 2.01. The molecule has 0 aliphatic carbocycles. The molecular formula is C15H11N3O7S2. The zero-order valence-corrected chi connectivity index (χ0v) is 15.2. The molecule has 0 aliphatic heterocycles. The van der Waals surface area contributed by atoms with Gasteiger partial charge in [0.25, 0.3) is 11.4 Å². The Bertz CT molecular complexity index is 897. The van der Waals surface area contributed by atoms with Crippen LogP contribution in [0.4, 0.5) is 17.1 Å². The van der Waals surface area contributed by atoms with Crippen LogP contribution in [-0.2, 0) is 0 Å². The van der Waals surface area contributed by atoms with Crippen LogP contribution in [0, 0.1) is 20.2 Å². The van der Waals surface area contributed by atoms with Crippen LogP contribution in [0.15, 0.2) is 41.3 Å². The number of ether oxygens (including phenoxy) is 1. The minimum absolute atomic E-state index is 0.00874. The van der Waals surface area contributed by atoms with Crippen LogP contribution < -0.4 is 10.1 Å². The average Bonchev–Trinajstić information content (AvgIpc) is 2.61. The molecule has 0 unspecified atom stereocenters. The number of nitrogens with zero attached hydrogens (tertiary/aromatic N) is 2. The molecule has 2 N–H and O–H groups in total. The number of methoxy groups -OCH3 is 1. The quantitative estimate of drug-likeness (QED) is 0.313. The number of carboxylic acids is 1. The summed E-state index contributed by atoms with van der Waals surface area (Å²) in [6.07, 6.45) is 0. The smallest absolute Gasteiger partial charge is 0.336 e. The Hall–Kier alpha value is -3.25. The summed E-state index contributed by atoms with van der Waals surface area (Å²) >= 11 is 5.71. The first-order valence-electron chi connectivity index (χ1n) is 7.06. The molecule has 0 bridgehead atoms. The van der Waals surface area contributed by atoms with Gasteiger partial charge in [-0.05, 0) is 36.0 Å². The van der Waals surface area contributed by atoms with Gasteiger partial charge in [0.15, 0.2) is 4.90 Å². The lowest BCUT2D eigenvalue weighted by molar-refractivity contribution is -0.399. The van der Waals surface area contributed by atoms with Crippen molar-refractivity contribution in [3.05, 3.63) is 62.2 Å². The Balaban J connectivity index is 2.37. The highest BCUT2D eigenvalue weighted by molar-refractivity contribution is 8.23. The summed E-state index contributed by atoms with van der Waals surface area (Å²) in [7, 11) is 1.50. The molecule has 10 nitrogen and oxygen atoms in total. The monoisotopic (exact) mass is 409 g/mol. The highest BCUT2D eigenvalue weighted by atomic mass is 32.2. The molecule has 0 saturated carbocycles. The molecule has 0 fully saturated rings. The number of aromatic carboxylic acids is 1. The van der Waals surface area contributed by atoms with Gasteiger partial charge in [-0.25, -0.2) is 4.79 Å². The fourth-order valence-corrected chi connectivity index (χ4v) is 3.21. The molecule has 2 aromatic rings. The molecule has 0 saturated heterocycles. The third kappa shape index (κ3) is 4.89. The maximum absolute atomic E-state index is 11.3. The summed E-state index contributed by atoms with van der Waals surface area (Å²) in [6.45, 7) is 0. The van der Waals surface area contributed by atoms with Gasteiger partial charge in [0.1, 0.15) is 10.1 Å². The predicted octanol–water partition coefficient (Wildman–Crippen LogP) is 3.70. The highest BCUT2D eigenvalue weighted by Crippen LogP contribution is 2.39. The first kappa shape index (κ1) is 20.1. The van der Waals surface area contributed by atoms with Gasteiger partial charge >= 0.3 is 5.97 Å². The molecule has 2 rings (SSSR count). The van der Waals surface area contributed by atoms with Crippen LogP contribution in [0.25, 0.3) is 0 Å². The largest absolute Gasteiger partial charge is 0.497 e. The van der Waals surface area contributed by atoms with E-state index in [1.165, 1.54) is 7.11 Å². The van der Waals surface area contributed by atoms with Crippen LogP contribution in [0.5, 0.6) is 5.75 Å². The van der Waals surface area contributed by atoms with Gasteiger partial charge in [0.05, 0.1) is 22.5 Å². The number of thiocarbonyl (C=S) groups is 1. The lowest BCUT2D eigenvalue weighted by Gasteiger charge is -2.09. The summed E-state index contributed by atoms with van der Waals surface area (Å²) < 4.78 is 5.03. The molecule has 0 atom stereocenters. The second-order valence-electron chi connectivity index (χ2n) is 4.91. The number of nitrogens with one attached hydrogen (secondary N) is 1. The van der Waals surface area contributed by atoms with E-state index in [1.54, 1.807) is 24.3 Å². The molecule has 0 radical (unpaired) electrons. The van der Waals surface area contributed by atoms with Crippen molar-refractivity contribution in [1.82, 2.24) is 0 Å². The Labute approximate surface area is 161 Å². The number of benzene rings is 2. The maximum atomic E-state index is 11.3. The van der Waals surface area contributed by atoms with E-state index in [2.05, 4.69) is 5.32 Å². The van der Waals surface area contributed by atoms with Crippen molar-refractivity contribution >= 4 is 51.3 Å². The molecule has 27 heavy (non-hydrogen) atoms. The van der Waals surface area contributed by atoms with Crippen LogP contribution in [0.2, 0.25) is 0 Å². The minimum Gasteiger partial charge on any atom is -0.497 e. The first-order valence-corrected chi connectivity index (χ1v) is 8.28. The van der Waals surface area contributed by atoms with E-state index in [9.17, 15) is 25.0 Å². The van der Waals surface area contributed by atoms with E-state index in [4.69, 9.17) is 22.1 Å². The van der Waals surface area contributed by atoms with Gasteiger partial charge < -0.3 is 15.2 Å². The van der Waals surface area contributed by atoms with Gasteiger partial charge in [0.2, 0.25) is 0 Å². The zero-order valence-electron chi connectivity index (χ0n) is 13.6. The van der Waals surface area contributed by atoms with Gasteiger partial charge in [-0.3, -0.25) is 20.2 Å². The minimum atomic E-state index is -1.52. The van der Waals surface area contributed by atoms with E-state index in [1.807, 2.05) is 0 Å². The molecule has 12 heteroatoms. The van der Waals surface area contributed by atoms with Gasteiger partial charge in [-0.2, -0.15) is 0 Å². The van der Waals surface area contributed by atoms with Crippen LogP contribution in [-0.4, -0.2) is 32.4 Å². The van der Waals surface area contributed by atoms with Crippen LogP contribution in [0.3, 0.4) is 0 Å². The predicted molar refractivity (Wildman–Crippen MR) is 102 cm³/mol. The summed E-state index contributed by atoms with van der Waals surface area (Å²) in [6, 6.07) is 8.11. The standard InChI is InChI=1S/C15H11N3O7S2/c1-25-10-4-2-9(3-5-10)16-15(26)27-13-11(17(21)22)6-8(14(19)20)7-12(13)18(23)24/h2-7H,1H3,(H,16,26)(H,19,20). The Kier molecular flexibility index (Phi) is 6.26. The lowest BCUT2D eigenvalue weighted by Crippen LogP contribution is -2.08. The maximum Gasteiger partial charge on any atom is 0.336 e. The molecule has 2 aromatic carbocycles. The van der Waals surface area contributed by atoms with Gasteiger partial charge in [-0.15, -0.1) is 0 Å². The van der Waals surface area contributed by atoms with Crippen LogP contribution in [0.1, 0.15) is 10.4 Å². The number of hydrogen-bond donors (Lipinski definition) is 2. The molecule has 0 heterocycles. The first-order chi connectivity index (χ1) is 12.7. The third-order valence-electron chi connectivity index (χ3n) is 3.22. The van der Waals surface area contributed by atoms with Crippen molar-refractivity contribution in [2.24, 2.45) is 0 Å². The fraction of sp³-hybridized carbons (Fsp3) is 0.0667. The normalized spacial score (nSPS) is 10.1. The average molecular weight is 409 g/mol. The van der Waals surface area contributed by atoms with E-state index >= 15 is 0 Å². The topological polar surface area (TPSA) is 145 Å². The second-order valence-corrected chi connectivity index (χ2v) is 6.59. The number of carboxylic acid groups (broad SMARTS) is 1. The van der Waals surface area contributed by atoms with Crippen molar-refractivity contribution in [2.45, 2.75) is 4.90 Å². The number of anilines is 1. The number of hydrogen-bond acceptors (Lipinski definition) is 8. The zero-order chi connectivity index (χ0) is 20.1. The van der Waals surface area contributed by atoms with Gasteiger partial charge in [-0.1, -0.05) is 12.2 Å². The summed E-state index contributed by atoms with van der Waals surface area (Å²) in [5.41, 5.74) is -1.46. The Morgan fingerprint density at radius 3 is 2.07 bits per heavy atom. The highest BCUT2D eigenvalue weighted by Gasteiger charge is 2.30. The van der Waals surface area contributed by atoms with Crippen LogP contribution >= 0.6 is 24.0 Å². The van der Waals surface area contributed by atoms with Crippen molar-refractivity contribution < 1.29 is 24.5 Å². The number of rotatable bonds is 6.